The van der Waals surface area contributed by atoms with Gasteiger partial charge in [0.25, 0.3) is 0 Å². The van der Waals surface area contributed by atoms with Crippen molar-refractivity contribution in [1.29, 1.82) is 0 Å². The lowest BCUT2D eigenvalue weighted by Gasteiger charge is -2.19. The van der Waals surface area contributed by atoms with E-state index in [2.05, 4.69) is 13.8 Å². The molecule has 4 unspecified atom stereocenters. The monoisotopic (exact) mass is 198 g/mol. The SMILES string of the molecule is CCC(C)COCC1CCCC2OC12. The maximum atomic E-state index is 5.74. The number of fused-ring (bicyclic) bond motifs is 1. The highest BCUT2D eigenvalue weighted by Gasteiger charge is 2.46. The van der Waals surface area contributed by atoms with E-state index in [1.807, 2.05) is 0 Å². The average Bonchev–Trinajstić information content (AvgIpc) is 2.97. The summed E-state index contributed by atoms with van der Waals surface area (Å²) in [5.41, 5.74) is 0. The smallest absolute Gasteiger partial charge is 0.0891 e. The standard InChI is InChI=1S/C12H22O2/c1-3-9(2)7-13-8-10-5-4-6-11-12(10)14-11/h9-12H,3-8H2,1-2H3. The van der Waals surface area contributed by atoms with Gasteiger partial charge in [-0.1, -0.05) is 26.7 Å². The molecular formula is C12H22O2. The minimum absolute atomic E-state index is 0.556. The number of hydrogen-bond acceptors (Lipinski definition) is 2. The number of ether oxygens (including phenoxy) is 2. The van der Waals surface area contributed by atoms with E-state index >= 15 is 0 Å². The molecule has 2 heteroatoms. The molecule has 1 saturated carbocycles. The third-order valence-electron chi connectivity index (χ3n) is 3.58. The molecule has 0 N–H and O–H groups in total. The summed E-state index contributed by atoms with van der Waals surface area (Å²) < 4.78 is 11.3. The quantitative estimate of drug-likeness (QED) is 0.633. The second-order valence-electron chi connectivity index (χ2n) is 4.88. The molecular weight excluding hydrogens is 176 g/mol. The number of hydrogen-bond donors (Lipinski definition) is 0. The Morgan fingerprint density at radius 1 is 1.43 bits per heavy atom. The van der Waals surface area contributed by atoms with Crippen LogP contribution < -0.4 is 0 Å². The van der Waals surface area contributed by atoms with Crippen LogP contribution in [0.25, 0.3) is 0 Å². The van der Waals surface area contributed by atoms with E-state index in [0.717, 1.165) is 13.2 Å². The van der Waals surface area contributed by atoms with Crippen molar-refractivity contribution in [3.63, 3.8) is 0 Å². The van der Waals surface area contributed by atoms with Gasteiger partial charge >= 0.3 is 0 Å². The van der Waals surface area contributed by atoms with Gasteiger partial charge in [0.05, 0.1) is 18.8 Å². The molecule has 0 amide bonds. The van der Waals surface area contributed by atoms with E-state index in [1.165, 1.54) is 25.7 Å². The molecule has 2 aliphatic rings. The Kier molecular flexibility index (Phi) is 3.45. The second-order valence-corrected chi connectivity index (χ2v) is 4.88. The molecule has 1 heterocycles. The highest BCUT2D eigenvalue weighted by molar-refractivity contribution is 4.94. The zero-order chi connectivity index (χ0) is 9.97. The van der Waals surface area contributed by atoms with Crippen molar-refractivity contribution in [2.75, 3.05) is 13.2 Å². The molecule has 2 nitrogen and oxygen atoms in total. The van der Waals surface area contributed by atoms with Gasteiger partial charge in [-0.3, -0.25) is 0 Å². The topological polar surface area (TPSA) is 21.8 Å². The van der Waals surface area contributed by atoms with E-state index in [-0.39, 0.29) is 0 Å². The minimum atomic E-state index is 0.556. The largest absolute Gasteiger partial charge is 0.381 e. The summed E-state index contributed by atoms with van der Waals surface area (Å²) in [5.74, 6) is 1.40. The summed E-state index contributed by atoms with van der Waals surface area (Å²) >= 11 is 0. The predicted molar refractivity (Wildman–Crippen MR) is 56.3 cm³/mol. The van der Waals surface area contributed by atoms with Crippen molar-refractivity contribution >= 4 is 0 Å². The van der Waals surface area contributed by atoms with E-state index < -0.39 is 0 Å². The van der Waals surface area contributed by atoms with Crippen LogP contribution in [0.5, 0.6) is 0 Å². The van der Waals surface area contributed by atoms with Crippen LogP contribution in [0.1, 0.15) is 39.5 Å². The fraction of sp³-hybridized carbons (Fsp3) is 1.00. The van der Waals surface area contributed by atoms with Crippen LogP contribution in [0.4, 0.5) is 0 Å². The van der Waals surface area contributed by atoms with Crippen LogP contribution in [-0.4, -0.2) is 25.4 Å². The van der Waals surface area contributed by atoms with Crippen LogP contribution in [0.15, 0.2) is 0 Å². The Hall–Kier alpha value is -0.0800. The molecule has 0 aromatic carbocycles. The molecule has 0 aromatic rings. The molecule has 4 atom stereocenters. The van der Waals surface area contributed by atoms with Crippen LogP contribution in [-0.2, 0) is 9.47 Å². The molecule has 82 valence electrons. The highest BCUT2D eigenvalue weighted by Crippen LogP contribution is 2.40. The van der Waals surface area contributed by atoms with Gasteiger partial charge in [-0.2, -0.15) is 0 Å². The Bertz CT molecular complexity index is 181. The molecule has 0 spiro atoms. The summed E-state index contributed by atoms with van der Waals surface area (Å²) in [6.45, 7) is 6.31. The van der Waals surface area contributed by atoms with Gasteiger partial charge in [-0.15, -0.1) is 0 Å². The molecule has 14 heavy (non-hydrogen) atoms. The van der Waals surface area contributed by atoms with Crippen molar-refractivity contribution in [1.82, 2.24) is 0 Å². The summed E-state index contributed by atoms with van der Waals surface area (Å²) in [5, 5.41) is 0. The van der Waals surface area contributed by atoms with Gasteiger partial charge in [0.2, 0.25) is 0 Å². The Morgan fingerprint density at radius 3 is 3.07 bits per heavy atom. The molecule has 1 aliphatic carbocycles. The lowest BCUT2D eigenvalue weighted by atomic mass is 9.90. The Balaban J connectivity index is 1.61. The summed E-state index contributed by atoms with van der Waals surface area (Å²) in [6, 6.07) is 0. The van der Waals surface area contributed by atoms with Gasteiger partial charge in [-0.25, -0.2) is 0 Å². The second kappa shape index (κ2) is 4.63. The number of rotatable bonds is 5. The zero-order valence-electron chi connectivity index (χ0n) is 9.37. The molecule has 1 aliphatic heterocycles. The first-order valence-electron chi connectivity index (χ1n) is 6.04. The van der Waals surface area contributed by atoms with Crippen LogP contribution >= 0.6 is 0 Å². The van der Waals surface area contributed by atoms with Crippen LogP contribution in [0.3, 0.4) is 0 Å². The fourth-order valence-electron chi connectivity index (χ4n) is 2.27. The van der Waals surface area contributed by atoms with Gasteiger partial charge in [0, 0.05) is 12.5 Å². The third kappa shape index (κ3) is 2.48. The van der Waals surface area contributed by atoms with E-state index in [4.69, 9.17) is 9.47 Å². The van der Waals surface area contributed by atoms with Crippen molar-refractivity contribution in [3.8, 4) is 0 Å². The Morgan fingerprint density at radius 2 is 2.29 bits per heavy atom. The van der Waals surface area contributed by atoms with Crippen LogP contribution in [0, 0.1) is 11.8 Å². The maximum absolute atomic E-state index is 5.74. The molecule has 0 bridgehead atoms. The fourth-order valence-corrected chi connectivity index (χ4v) is 2.27. The predicted octanol–water partition coefficient (Wildman–Crippen LogP) is 2.62. The maximum Gasteiger partial charge on any atom is 0.0891 e. The van der Waals surface area contributed by atoms with Gasteiger partial charge < -0.3 is 9.47 Å². The molecule has 0 radical (unpaired) electrons. The summed E-state index contributed by atoms with van der Waals surface area (Å²) in [4.78, 5) is 0. The average molecular weight is 198 g/mol. The summed E-state index contributed by atoms with van der Waals surface area (Å²) in [7, 11) is 0. The minimum Gasteiger partial charge on any atom is -0.381 e. The Labute approximate surface area is 87.0 Å². The van der Waals surface area contributed by atoms with Gasteiger partial charge in [-0.05, 0) is 18.8 Å². The van der Waals surface area contributed by atoms with Crippen molar-refractivity contribution in [2.24, 2.45) is 11.8 Å². The van der Waals surface area contributed by atoms with Crippen molar-refractivity contribution < 1.29 is 9.47 Å². The van der Waals surface area contributed by atoms with Gasteiger partial charge in [0.1, 0.15) is 0 Å². The first kappa shape index (κ1) is 10.4. The summed E-state index contributed by atoms with van der Waals surface area (Å²) in [6.07, 6.45) is 6.29. The lowest BCUT2D eigenvalue weighted by molar-refractivity contribution is 0.0617. The van der Waals surface area contributed by atoms with Gasteiger partial charge in [0.15, 0.2) is 0 Å². The molecule has 0 aromatic heterocycles. The zero-order valence-corrected chi connectivity index (χ0v) is 9.37. The molecule has 2 rings (SSSR count). The van der Waals surface area contributed by atoms with E-state index in [0.29, 0.717) is 24.0 Å². The van der Waals surface area contributed by atoms with E-state index in [1.54, 1.807) is 0 Å². The first-order chi connectivity index (χ1) is 6.81. The van der Waals surface area contributed by atoms with Crippen molar-refractivity contribution in [2.45, 2.75) is 51.7 Å². The lowest BCUT2D eigenvalue weighted by Crippen LogP contribution is -2.22. The normalized spacial score (nSPS) is 37.7. The molecule has 1 saturated heterocycles. The third-order valence-corrected chi connectivity index (χ3v) is 3.58. The molecule has 2 fully saturated rings. The van der Waals surface area contributed by atoms with Crippen LogP contribution in [0.2, 0.25) is 0 Å². The first-order valence-corrected chi connectivity index (χ1v) is 6.04. The highest BCUT2D eigenvalue weighted by atomic mass is 16.6. The van der Waals surface area contributed by atoms with Crippen molar-refractivity contribution in [3.05, 3.63) is 0 Å². The number of epoxide rings is 1. The van der Waals surface area contributed by atoms with E-state index in [9.17, 15) is 0 Å².